The maximum absolute atomic E-state index is 13.8. The summed E-state index contributed by atoms with van der Waals surface area (Å²) < 4.78 is 40.4. The molecule has 10 heteroatoms. The number of halogens is 1. The van der Waals surface area contributed by atoms with Gasteiger partial charge in [0.2, 0.25) is 0 Å². The molecule has 224 valence electrons. The highest BCUT2D eigenvalue weighted by atomic mass is 35.5. The van der Waals surface area contributed by atoms with Gasteiger partial charge in [-0.15, -0.1) is 0 Å². The van der Waals surface area contributed by atoms with Gasteiger partial charge in [-0.1, -0.05) is 24.1 Å². The number of likely N-dealkylation sites (tertiary alicyclic amines) is 2. The molecule has 0 unspecified atom stereocenters. The monoisotopic (exact) mass is 602 g/mol. The maximum atomic E-state index is 13.8. The minimum absolute atomic E-state index is 0.0220. The average Bonchev–Trinajstić information content (AvgIpc) is 2.99. The van der Waals surface area contributed by atoms with Crippen LogP contribution in [-0.4, -0.2) is 87.9 Å². The molecule has 0 spiro atoms. The Kier molecular flexibility index (Phi) is 10.5. The standard InChI is InChI=1S/C31H43ClN4O4S/c1-39-28-9-5-10-29-31(28)33-30(24-40-27-13-11-26(32)12-14-27)36(41(29,37)38)21-6-8-25-15-22-35(23-16-25)20-7-19-34-17-3-2-4-18-34/h5,9-14,25H,2-4,6-8,15-24H2,1H3. The summed E-state index contributed by atoms with van der Waals surface area (Å²) in [6.45, 7) is 7.63. The zero-order valence-electron chi connectivity index (χ0n) is 24.1. The van der Waals surface area contributed by atoms with E-state index < -0.39 is 10.0 Å². The van der Waals surface area contributed by atoms with E-state index in [0.717, 1.165) is 25.9 Å². The average molecular weight is 603 g/mol. The maximum Gasteiger partial charge on any atom is 0.267 e. The molecule has 0 bridgehead atoms. The fourth-order valence-corrected chi connectivity index (χ4v) is 7.93. The van der Waals surface area contributed by atoms with Crippen LogP contribution in [0.2, 0.25) is 5.02 Å². The smallest absolute Gasteiger partial charge is 0.267 e. The number of hydrogen-bond acceptors (Lipinski definition) is 7. The Hall–Kier alpha value is -2.33. The zero-order chi connectivity index (χ0) is 28.7. The summed E-state index contributed by atoms with van der Waals surface area (Å²) in [5.74, 6) is 2.01. The number of aliphatic imine (C=N–C) groups is 1. The van der Waals surface area contributed by atoms with Crippen LogP contribution >= 0.6 is 11.6 Å². The molecule has 3 heterocycles. The highest BCUT2D eigenvalue weighted by molar-refractivity contribution is 7.90. The first-order chi connectivity index (χ1) is 19.9. The van der Waals surface area contributed by atoms with Crippen LogP contribution in [0.4, 0.5) is 5.69 Å². The van der Waals surface area contributed by atoms with Crippen LogP contribution in [0.5, 0.6) is 11.5 Å². The quantitative estimate of drug-likeness (QED) is 0.304. The second-order valence-corrected chi connectivity index (χ2v) is 13.6. The Balaban J connectivity index is 1.16. The fraction of sp³-hybridized carbons (Fsp3) is 0.581. The molecule has 0 aromatic heterocycles. The van der Waals surface area contributed by atoms with Crippen molar-refractivity contribution in [2.45, 2.75) is 56.3 Å². The van der Waals surface area contributed by atoms with Crippen molar-refractivity contribution in [3.8, 4) is 11.5 Å². The van der Waals surface area contributed by atoms with Gasteiger partial charge in [-0.05, 0) is 127 Å². The summed E-state index contributed by atoms with van der Waals surface area (Å²) in [5, 5.41) is 0.610. The molecule has 0 saturated carbocycles. The van der Waals surface area contributed by atoms with Gasteiger partial charge in [0.25, 0.3) is 10.0 Å². The lowest BCUT2D eigenvalue weighted by Crippen LogP contribution is -2.43. The van der Waals surface area contributed by atoms with Crippen molar-refractivity contribution in [2.24, 2.45) is 10.9 Å². The van der Waals surface area contributed by atoms with E-state index in [2.05, 4.69) is 9.80 Å². The van der Waals surface area contributed by atoms with Crippen molar-refractivity contribution < 1.29 is 17.9 Å². The van der Waals surface area contributed by atoms with Crippen molar-refractivity contribution >= 4 is 33.1 Å². The molecule has 0 aliphatic carbocycles. The number of benzene rings is 2. The Morgan fingerprint density at radius 3 is 2.32 bits per heavy atom. The molecule has 5 rings (SSSR count). The van der Waals surface area contributed by atoms with Crippen LogP contribution in [-0.2, 0) is 10.0 Å². The molecule has 3 aliphatic heterocycles. The normalized spacial score (nSPS) is 20.0. The predicted molar refractivity (Wildman–Crippen MR) is 164 cm³/mol. The molecule has 2 saturated heterocycles. The summed E-state index contributed by atoms with van der Waals surface area (Å²) in [6, 6.07) is 12.0. The first-order valence-electron chi connectivity index (χ1n) is 15.0. The Morgan fingerprint density at radius 1 is 0.902 bits per heavy atom. The van der Waals surface area contributed by atoms with E-state index >= 15 is 0 Å². The van der Waals surface area contributed by atoms with Crippen LogP contribution in [0.3, 0.4) is 0 Å². The lowest BCUT2D eigenvalue weighted by atomic mass is 9.92. The lowest BCUT2D eigenvalue weighted by molar-refractivity contribution is 0.160. The molecule has 0 amide bonds. The SMILES string of the molecule is COc1cccc2c1N=C(COc1ccc(Cl)cc1)N(CCCC1CCN(CCCN3CCCCC3)CC1)S2(=O)=O. The molecule has 2 fully saturated rings. The number of fused-ring (bicyclic) bond motifs is 1. The van der Waals surface area contributed by atoms with Crippen molar-refractivity contribution in [3.05, 3.63) is 47.5 Å². The van der Waals surface area contributed by atoms with Gasteiger partial charge >= 0.3 is 0 Å². The second-order valence-electron chi connectivity index (χ2n) is 11.3. The molecule has 2 aromatic carbocycles. The van der Waals surface area contributed by atoms with Gasteiger partial charge in [0.15, 0.2) is 5.84 Å². The van der Waals surface area contributed by atoms with Crippen LogP contribution < -0.4 is 9.47 Å². The van der Waals surface area contributed by atoms with Crippen LogP contribution in [0.15, 0.2) is 52.4 Å². The number of methoxy groups -OCH3 is 1. The number of sulfonamides is 1. The van der Waals surface area contributed by atoms with Crippen molar-refractivity contribution in [2.75, 3.05) is 59.5 Å². The summed E-state index contributed by atoms with van der Waals surface area (Å²) in [7, 11) is -2.28. The third-order valence-corrected chi connectivity index (χ3v) is 10.6. The number of nitrogens with zero attached hydrogens (tertiary/aromatic N) is 4. The third-order valence-electron chi connectivity index (χ3n) is 8.54. The van der Waals surface area contributed by atoms with Gasteiger partial charge in [0.1, 0.15) is 28.7 Å². The van der Waals surface area contributed by atoms with Crippen LogP contribution in [0, 0.1) is 5.92 Å². The molecule has 0 N–H and O–H groups in total. The van der Waals surface area contributed by atoms with Gasteiger partial charge < -0.3 is 19.3 Å². The van der Waals surface area contributed by atoms with Crippen LogP contribution in [0.25, 0.3) is 0 Å². The Morgan fingerprint density at radius 2 is 1.61 bits per heavy atom. The third kappa shape index (κ3) is 7.74. The van der Waals surface area contributed by atoms with Gasteiger partial charge in [0, 0.05) is 11.6 Å². The van der Waals surface area contributed by atoms with Gasteiger partial charge in [0.05, 0.1) is 7.11 Å². The number of para-hydroxylation sites is 1. The van der Waals surface area contributed by atoms with Crippen LogP contribution in [0.1, 0.15) is 51.4 Å². The highest BCUT2D eigenvalue weighted by Gasteiger charge is 2.36. The summed E-state index contributed by atoms with van der Waals surface area (Å²) in [4.78, 5) is 10.1. The number of piperidine rings is 2. The molecule has 41 heavy (non-hydrogen) atoms. The lowest BCUT2D eigenvalue weighted by Gasteiger charge is -2.34. The van der Waals surface area contributed by atoms with Crippen molar-refractivity contribution in [3.63, 3.8) is 0 Å². The second kappa shape index (κ2) is 14.2. The van der Waals surface area contributed by atoms with E-state index in [9.17, 15) is 8.42 Å². The number of hydrogen-bond donors (Lipinski definition) is 0. The first-order valence-corrected chi connectivity index (χ1v) is 16.9. The molecule has 8 nitrogen and oxygen atoms in total. The highest BCUT2D eigenvalue weighted by Crippen LogP contribution is 2.40. The predicted octanol–water partition coefficient (Wildman–Crippen LogP) is 5.83. The topological polar surface area (TPSA) is 74.7 Å². The molecule has 0 atom stereocenters. The Labute approximate surface area is 250 Å². The zero-order valence-corrected chi connectivity index (χ0v) is 25.7. The van der Waals surface area contributed by atoms with E-state index in [0.29, 0.717) is 40.5 Å². The minimum atomic E-state index is -3.80. The fourth-order valence-electron chi connectivity index (χ4n) is 6.18. The van der Waals surface area contributed by atoms with E-state index in [1.165, 1.54) is 76.1 Å². The van der Waals surface area contributed by atoms with E-state index in [1.807, 2.05) is 0 Å². The minimum Gasteiger partial charge on any atom is -0.494 e. The summed E-state index contributed by atoms with van der Waals surface area (Å²) in [6.07, 6.45) is 9.49. The number of rotatable bonds is 12. The molecule has 0 radical (unpaired) electrons. The van der Waals surface area contributed by atoms with Crippen molar-refractivity contribution in [1.82, 2.24) is 14.1 Å². The molecule has 2 aromatic rings. The summed E-state index contributed by atoms with van der Waals surface area (Å²) >= 11 is 6.01. The van der Waals surface area contributed by atoms with Gasteiger partial charge in [-0.2, -0.15) is 0 Å². The van der Waals surface area contributed by atoms with E-state index in [-0.39, 0.29) is 11.5 Å². The first kappa shape index (κ1) is 30.1. The molecular weight excluding hydrogens is 560 g/mol. The van der Waals surface area contributed by atoms with Gasteiger partial charge in [-0.3, -0.25) is 4.31 Å². The molecular formula is C31H43ClN4O4S. The summed E-state index contributed by atoms with van der Waals surface area (Å²) in [5.41, 5.74) is 0.327. The van der Waals surface area contributed by atoms with E-state index in [4.69, 9.17) is 26.1 Å². The molecule has 3 aliphatic rings. The van der Waals surface area contributed by atoms with Crippen molar-refractivity contribution in [1.29, 1.82) is 0 Å². The number of amidine groups is 1. The van der Waals surface area contributed by atoms with E-state index in [1.54, 1.807) is 42.5 Å². The number of ether oxygens (including phenoxy) is 2. The Bertz CT molecular complexity index is 1270. The van der Waals surface area contributed by atoms with Gasteiger partial charge in [-0.25, -0.2) is 13.4 Å². The largest absolute Gasteiger partial charge is 0.494 e.